The molecule has 104 valence electrons. The molecule has 0 aliphatic heterocycles. The van der Waals surface area contributed by atoms with Crippen LogP contribution in [-0.4, -0.2) is 24.4 Å². The minimum absolute atomic E-state index is 0.204. The Morgan fingerprint density at radius 1 is 1.32 bits per heavy atom. The molecule has 0 atom stereocenters. The fourth-order valence-corrected chi connectivity index (χ4v) is 1.30. The number of hydrogen-bond donors (Lipinski definition) is 1. The maximum atomic E-state index is 11.8. The third-order valence-electron chi connectivity index (χ3n) is 1.99. The lowest BCUT2D eigenvalue weighted by atomic mass is 10.2. The lowest BCUT2D eigenvalue weighted by Crippen LogP contribution is -2.16. The van der Waals surface area contributed by atoms with Gasteiger partial charge in [0.05, 0.1) is 6.61 Å². The van der Waals surface area contributed by atoms with Crippen LogP contribution in [0.4, 0.5) is 13.2 Å². The van der Waals surface area contributed by atoms with E-state index in [0.29, 0.717) is 18.5 Å². The number of hydrogen-bond acceptors (Lipinski definition) is 3. The van der Waals surface area contributed by atoms with Gasteiger partial charge in [-0.1, -0.05) is 0 Å². The van der Waals surface area contributed by atoms with E-state index < -0.39 is 6.36 Å². The Labute approximate surface area is 107 Å². The van der Waals surface area contributed by atoms with Crippen molar-refractivity contribution in [1.29, 1.82) is 0 Å². The Morgan fingerprint density at radius 3 is 2.58 bits per heavy atom. The number of halogens is 3. The number of fused-ring (bicyclic) bond motifs is 1. The Kier molecular flexibility index (Phi) is 5.23. The van der Waals surface area contributed by atoms with Crippen LogP contribution in [0.1, 0.15) is 6.92 Å². The van der Waals surface area contributed by atoms with Crippen LogP contribution in [0.2, 0.25) is 0 Å². The molecule has 0 fully saturated rings. The van der Waals surface area contributed by atoms with E-state index in [9.17, 15) is 18.0 Å². The van der Waals surface area contributed by atoms with Gasteiger partial charge in [-0.3, -0.25) is 4.79 Å². The molecule has 0 unspecified atom stereocenters. The molecule has 1 aromatic carbocycles. The first-order valence-electron chi connectivity index (χ1n) is 5.34. The highest BCUT2D eigenvalue weighted by Crippen LogP contribution is 2.25. The van der Waals surface area contributed by atoms with Crippen LogP contribution in [0.5, 0.6) is 5.75 Å². The monoisotopic (exact) mass is 275 g/mol. The van der Waals surface area contributed by atoms with Crippen molar-refractivity contribution in [2.45, 2.75) is 13.3 Å². The predicted molar refractivity (Wildman–Crippen MR) is 62.7 cm³/mol. The van der Waals surface area contributed by atoms with E-state index in [0.717, 1.165) is 5.52 Å². The molecule has 0 saturated heterocycles. The SMILES string of the molecule is CCOC=O.FC(F)(F)Oc1ccc2[nH]ccc2c1. The zero-order valence-corrected chi connectivity index (χ0v) is 10.0. The van der Waals surface area contributed by atoms with Gasteiger partial charge in [-0.15, -0.1) is 13.2 Å². The van der Waals surface area contributed by atoms with E-state index >= 15 is 0 Å². The van der Waals surface area contributed by atoms with Crippen molar-refractivity contribution in [3.63, 3.8) is 0 Å². The molecule has 0 aliphatic carbocycles. The Morgan fingerprint density at radius 2 is 2.05 bits per heavy atom. The minimum atomic E-state index is -4.63. The summed E-state index contributed by atoms with van der Waals surface area (Å²) in [6.45, 7) is 2.66. The summed E-state index contributed by atoms with van der Waals surface area (Å²) >= 11 is 0. The number of rotatable bonds is 3. The van der Waals surface area contributed by atoms with Crippen LogP contribution in [-0.2, 0) is 9.53 Å². The molecule has 4 nitrogen and oxygen atoms in total. The molecule has 1 N–H and O–H groups in total. The molecule has 7 heteroatoms. The molecule has 0 spiro atoms. The average molecular weight is 275 g/mol. The third kappa shape index (κ3) is 5.33. The van der Waals surface area contributed by atoms with Crippen LogP contribution in [0.15, 0.2) is 30.5 Å². The Balaban J connectivity index is 0.000000312. The lowest BCUT2D eigenvalue weighted by Gasteiger charge is -2.08. The van der Waals surface area contributed by atoms with Crippen molar-refractivity contribution in [3.8, 4) is 5.75 Å². The quantitative estimate of drug-likeness (QED) is 0.875. The van der Waals surface area contributed by atoms with Crippen LogP contribution in [0.3, 0.4) is 0 Å². The number of aromatic nitrogens is 1. The smallest absolute Gasteiger partial charge is 0.468 e. The van der Waals surface area contributed by atoms with Gasteiger partial charge in [0, 0.05) is 17.1 Å². The minimum Gasteiger partial charge on any atom is -0.468 e. The summed E-state index contributed by atoms with van der Waals surface area (Å²) in [5.41, 5.74) is 0.777. The first kappa shape index (κ1) is 14.9. The first-order valence-corrected chi connectivity index (χ1v) is 5.34. The molecule has 19 heavy (non-hydrogen) atoms. The van der Waals surface area contributed by atoms with Gasteiger partial charge in [-0.05, 0) is 31.2 Å². The summed E-state index contributed by atoms with van der Waals surface area (Å²) in [5, 5.41) is 0.687. The maximum absolute atomic E-state index is 11.8. The molecule has 1 heterocycles. The van der Waals surface area contributed by atoms with Gasteiger partial charge in [0.25, 0.3) is 6.47 Å². The summed E-state index contributed by atoms with van der Waals surface area (Å²) in [6.07, 6.45) is -2.98. The molecule has 0 saturated carbocycles. The molecule has 0 bridgehead atoms. The highest BCUT2D eigenvalue weighted by atomic mass is 19.4. The summed E-state index contributed by atoms with van der Waals surface area (Å²) in [5.74, 6) is -0.204. The van der Waals surface area contributed by atoms with E-state index in [1.807, 2.05) is 0 Å². The molecule has 0 aliphatic rings. The van der Waals surface area contributed by atoms with Gasteiger partial charge in [0.15, 0.2) is 0 Å². The topological polar surface area (TPSA) is 51.3 Å². The van der Waals surface area contributed by atoms with Gasteiger partial charge in [0.2, 0.25) is 0 Å². The van der Waals surface area contributed by atoms with Crippen molar-refractivity contribution in [2.24, 2.45) is 0 Å². The maximum Gasteiger partial charge on any atom is 0.573 e. The standard InChI is InChI=1S/C9H6F3NO.C3H6O2/c10-9(11,12)14-7-1-2-8-6(5-7)3-4-13-8;1-2-5-3-4/h1-5,13H;3H,2H2,1H3. The average Bonchev–Trinajstić information content (AvgIpc) is 2.76. The van der Waals surface area contributed by atoms with Crippen molar-refractivity contribution in [1.82, 2.24) is 4.98 Å². The van der Waals surface area contributed by atoms with Crippen LogP contribution in [0.25, 0.3) is 10.9 Å². The number of carbonyl (C=O) groups is 1. The summed E-state index contributed by atoms with van der Waals surface area (Å²) in [4.78, 5) is 12.1. The van der Waals surface area contributed by atoms with E-state index in [2.05, 4.69) is 14.5 Å². The molecule has 1 aromatic heterocycles. The third-order valence-corrected chi connectivity index (χ3v) is 1.99. The van der Waals surface area contributed by atoms with Crippen molar-refractivity contribution < 1.29 is 27.4 Å². The molecule has 2 rings (SSSR count). The van der Waals surface area contributed by atoms with Crippen LogP contribution in [0, 0.1) is 0 Å². The first-order chi connectivity index (χ1) is 8.96. The molecule has 0 radical (unpaired) electrons. The molecule has 2 aromatic rings. The summed E-state index contributed by atoms with van der Waals surface area (Å²) in [7, 11) is 0. The Hall–Kier alpha value is -2.18. The summed E-state index contributed by atoms with van der Waals surface area (Å²) < 4.78 is 43.4. The number of carbonyl (C=O) groups excluding carboxylic acids is 1. The number of nitrogens with one attached hydrogen (secondary N) is 1. The van der Waals surface area contributed by atoms with Crippen LogP contribution >= 0.6 is 0 Å². The van der Waals surface area contributed by atoms with E-state index in [4.69, 9.17) is 0 Å². The fraction of sp³-hybridized carbons (Fsp3) is 0.250. The van der Waals surface area contributed by atoms with Gasteiger partial charge >= 0.3 is 6.36 Å². The fourth-order valence-electron chi connectivity index (χ4n) is 1.30. The highest BCUT2D eigenvalue weighted by Gasteiger charge is 2.31. The molecular weight excluding hydrogens is 263 g/mol. The van der Waals surface area contributed by atoms with Crippen molar-refractivity contribution in [3.05, 3.63) is 30.5 Å². The second-order valence-electron chi connectivity index (χ2n) is 3.33. The number of ether oxygens (including phenoxy) is 2. The van der Waals surface area contributed by atoms with Gasteiger partial charge in [-0.25, -0.2) is 0 Å². The molecule has 0 amide bonds. The zero-order chi connectivity index (χ0) is 14.3. The number of alkyl halides is 3. The summed E-state index contributed by atoms with van der Waals surface area (Å²) in [6, 6.07) is 5.82. The molecular formula is C12H12F3NO3. The van der Waals surface area contributed by atoms with E-state index in [1.54, 1.807) is 19.2 Å². The second kappa shape index (κ2) is 6.67. The normalized spacial score (nSPS) is 10.5. The lowest BCUT2D eigenvalue weighted by molar-refractivity contribution is -0.274. The highest BCUT2D eigenvalue weighted by molar-refractivity contribution is 5.80. The predicted octanol–water partition coefficient (Wildman–Crippen LogP) is 3.25. The van der Waals surface area contributed by atoms with Crippen LogP contribution < -0.4 is 4.74 Å². The number of benzene rings is 1. The van der Waals surface area contributed by atoms with Gasteiger partial charge in [0.1, 0.15) is 5.75 Å². The van der Waals surface area contributed by atoms with Crippen molar-refractivity contribution in [2.75, 3.05) is 6.61 Å². The van der Waals surface area contributed by atoms with Gasteiger partial charge in [-0.2, -0.15) is 0 Å². The largest absolute Gasteiger partial charge is 0.573 e. The van der Waals surface area contributed by atoms with Gasteiger partial charge < -0.3 is 14.5 Å². The Bertz CT molecular complexity index is 522. The van der Waals surface area contributed by atoms with Crippen molar-refractivity contribution >= 4 is 17.4 Å². The van der Waals surface area contributed by atoms with E-state index in [-0.39, 0.29) is 5.75 Å². The zero-order valence-electron chi connectivity index (χ0n) is 10.0. The van der Waals surface area contributed by atoms with E-state index in [1.165, 1.54) is 18.2 Å². The number of aromatic amines is 1. The number of H-pyrrole nitrogens is 1. The second-order valence-corrected chi connectivity index (χ2v) is 3.33.